The SMILES string of the molecule is Cc1cc(C2CCCN2C(=O)CC2CNC2)on1. The number of carbonyl (C=O) groups excluding carboxylic acids is 1. The molecule has 1 unspecified atom stereocenters. The number of amides is 1. The fraction of sp³-hybridized carbons (Fsp3) is 0.692. The average Bonchev–Trinajstić information content (AvgIpc) is 2.90. The van der Waals surface area contributed by atoms with Crippen molar-refractivity contribution >= 4 is 5.91 Å². The number of nitrogens with one attached hydrogen (secondary N) is 1. The van der Waals surface area contributed by atoms with E-state index in [4.69, 9.17) is 4.52 Å². The highest BCUT2D eigenvalue weighted by molar-refractivity contribution is 5.77. The number of carbonyl (C=O) groups is 1. The van der Waals surface area contributed by atoms with Crippen LogP contribution in [0.4, 0.5) is 0 Å². The van der Waals surface area contributed by atoms with Gasteiger partial charge in [0.25, 0.3) is 0 Å². The van der Waals surface area contributed by atoms with E-state index in [2.05, 4.69) is 10.5 Å². The number of hydrogen-bond donors (Lipinski definition) is 1. The van der Waals surface area contributed by atoms with Crippen molar-refractivity contribution in [3.05, 3.63) is 17.5 Å². The Kier molecular flexibility index (Phi) is 3.07. The number of likely N-dealkylation sites (tertiary alicyclic amines) is 1. The van der Waals surface area contributed by atoms with Crippen molar-refractivity contribution in [1.82, 2.24) is 15.4 Å². The lowest BCUT2D eigenvalue weighted by Gasteiger charge is -2.30. The molecule has 2 fully saturated rings. The quantitative estimate of drug-likeness (QED) is 0.876. The summed E-state index contributed by atoms with van der Waals surface area (Å²) in [6, 6.07) is 2.05. The molecule has 1 N–H and O–H groups in total. The molecule has 1 amide bonds. The van der Waals surface area contributed by atoms with Crippen LogP contribution in [0.2, 0.25) is 0 Å². The van der Waals surface area contributed by atoms with Crippen molar-refractivity contribution in [2.75, 3.05) is 19.6 Å². The number of hydrogen-bond acceptors (Lipinski definition) is 4. The molecule has 0 spiro atoms. The lowest BCUT2D eigenvalue weighted by atomic mass is 9.98. The van der Waals surface area contributed by atoms with Crippen molar-refractivity contribution in [2.45, 2.75) is 32.2 Å². The Labute approximate surface area is 107 Å². The molecule has 0 saturated carbocycles. The van der Waals surface area contributed by atoms with Crippen LogP contribution in [0.25, 0.3) is 0 Å². The second kappa shape index (κ2) is 4.72. The maximum absolute atomic E-state index is 12.3. The summed E-state index contributed by atoms with van der Waals surface area (Å²) in [7, 11) is 0. The van der Waals surface area contributed by atoms with E-state index in [-0.39, 0.29) is 11.9 Å². The molecule has 5 nitrogen and oxygen atoms in total. The molecule has 0 radical (unpaired) electrons. The minimum Gasteiger partial charge on any atom is -0.359 e. The van der Waals surface area contributed by atoms with Gasteiger partial charge in [0.05, 0.1) is 11.7 Å². The van der Waals surface area contributed by atoms with Gasteiger partial charge in [-0.05, 0) is 38.8 Å². The highest BCUT2D eigenvalue weighted by Gasteiger charge is 2.34. The molecule has 1 aromatic heterocycles. The monoisotopic (exact) mass is 249 g/mol. The van der Waals surface area contributed by atoms with Gasteiger partial charge in [-0.2, -0.15) is 0 Å². The molecule has 3 heterocycles. The summed E-state index contributed by atoms with van der Waals surface area (Å²) in [6.45, 7) is 4.72. The fourth-order valence-corrected chi connectivity index (χ4v) is 2.76. The normalized spacial score (nSPS) is 24.3. The first-order chi connectivity index (χ1) is 8.74. The second-order valence-corrected chi connectivity index (χ2v) is 5.34. The molecule has 3 rings (SSSR count). The molecule has 0 aliphatic carbocycles. The van der Waals surface area contributed by atoms with Gasteiger partial charge in [0.1, 0.15) is 0 Å². The molecular weight excluding hydrogens is 230 g/mol. The molecule has 18 heavy (non-hydrogen) atoms. The molecule has 1 aromatic rings. The summed E-state index contributed by atoms with van der Waals surface area (Å²) in [5.41, 5.74) is 0.882. The van der Waals surface area contributed by atoms with Gasteiger partial charge in [0.2, 0.25) is 5.91 Å². The van der Waals surface area contributed by atoms with Gasteiger partial charge in [-0.3, -0.25) is 4.79 Å². The first-order valence-electron chi connectivity index (χ1n) is 6.67. The predicted molar refractivity (Wildman–Crippen MR) is 65.9 cm³/mol. The molecule has 98 valence electrons. The van der Waals surface area contributed by atoms with Crippen LogP contribution in [0.3, 0.4) is 0 Å². The number of aromatic nitrogens is 1. The van der Waals surface area contributed by atoms with Crippen molar-refractivity contribution in [2.24, 2.45) is 5.92 Å². The lowest BCUT2D eigenvalue weighted by Crippen LogP contribution is -2.45. The van der Waals surface area contributed by atoms with E-state index >= 15 is 0 Å². The highest BCUT2D eigenvalue weighted by atomic mass is 16.5. The van der Waals surface area contributed by atoms with Crippen LogP contribution < -0.4 is 5.32 Å². The Hall–Kier alpha value is -1.36. The van der Waals surface area contributed by atoms with Crippen molar-refractivity contribution in [3.8, 4) is 0 Å². The van der Waals surface area contributed by atoms with Gasteiger partial charge >= 0.3 is 0 Å². The Morgan fingerprint density at radius 3 is 3.06 bits per heavy atom. The van der Waals surface area contributed by atoms with E-state index in [0.717, 1.165) is 43.9 Å². The second-order valence-electron chi connectivity index (χ2n) is 5.34. The van der Waals surface area contributed by atoms with Gasteiger partial charge in [0, 0.05) is 19.0 Å². The first kappa shape index (κ1) is 11.7. The Balaban J connectivity index is 1.68. The number of aryl methyl sites for hydroxylation is 1. The zero-order chi connectivity index (χ0) is 12.5. The van der Waals surface area contributed by atoms with E-state index in [1.54, 1.807) is 0 Å². The van der Waals surface area contributed by atoms with Crippen LogP contribution in [0.5, 0.6) is 0 Å². The summed E-state index contributed by atoms with van der Waals surface area (Å²) in [5.74, 6) is 1.62. The third kappa shape index (κ3) is 2.14. The topological polar surface area (TPSA) is 58.4 Å². The summed E-state index contributed by atoms with van der Waals surface area (Å²) in [4.78, 5) is 14.2. The standard InChI is InChI=1S/C13H19N3O2/c1-9-5-12(18-15-9)11-3-2-4-16(11)13(17)6-10-7-14-8-10/h5,10-11,14H,2-4,6-8H2,1H3. The van der Waals surface area contributed by atoms with Crippen molar-refractivity contribution < 1.29 is 9.32 Å². The Morgan fingerprint density at radius 2 is 2.44 bits per heavy atom. The highest BCUT2D eigenvalue weighted by Crippen LogP contribution is 2.33. The third-order valence-corrected chi connectivity index (χ3v) is 3.88. The molecule has 0 bridgehead atoms. The Morgan fingerprint density at radius 1 is 1.61 bits per heavy atom. The van der Waals surface area contributed by atoms with Crippen LogP contribution in [0.15, 0.2) is 10.6 Å². The van der Waals surface area contributed by atoms with Gasteiger partial charge < -0.3 is 14.7 Å². The number of nitrogens with zero attached hydrogens (tertiary/aromatic N) is 2. The Bertz CT molecular complexity index is 439. The smallest absolute Gasteiger partial charge is 0.223 e. The van der Waals surface area contributed by atoms with Crippen LogP contribution >= 0.6 is 0 Å². The van der Waals surface area contributed by atoms with Crippen molar-refractivity contribution in [3.63, 3.8) is 0 Å². The van der Waals surface area contributed by atoms with Gasteiger partial charge in [-0.1, -0.05) is 5.16 Å². The number of rotatable bonds is 3. The molecule has 1 atom stereocenters. The molecular formula is C13H19N3O2. The van der Waals surface area contributed by atoms with E-state index < -0.39 is 0 Å². The summed E-state index contributed by atoms with van der Waals surface area (Å²) in [6.07, 6.45) is 2.71. The van der Waals surface area contributed by atoms with Gasteiger partial charge in [-0.15, -0.1) is 0 Å². The van der Waals surface area contributed by atoms with Crippen LogP contribution in [0.1, 0.15) is 36.8 Å². The van der Waals surface area contributed by atoms with E-state index in [1.165, 1.54) is 0 Å². The van der Waals surface area contributed by atoms with E-state index in [9.17, 15) is 4.79 Å². The third-order valence-electron chi connectivity index (χ3n) is 3.88. The zero-order valence-electron chi connectivity index (χ0n) is 10.7. The minimum absolute atomic E-state index is 0.103. The molecule has 2 saturated heterocycles. The lowest BCUT2D eigenvalue weighted by molar-refractivity contribution is -0.133. The predicted octanol–water partition coefficient (Wildman–Crippen LogP) is 1.26. The van der Waals surface area contributed by atoms with Gasteiger partial charge in [0.15, 0.2) is 5.76 Å². The van der Waals surface area contributed by atoms with E-state index in [1.807, 2.05) is 17.9 Å². The average molecular weight is 249 g/mol. The van der Waals surface area contributed by atoms with Crippen LogP contribution in [-0.2, 0) is 4.79 Å². The summed E-state index contributed by atoms with van der Waals surface area (Å²) < 4.78 is 5.32. The molecule has 0 aromatic carbocycles. The minimum atomic E-state index is 0.103. The molecule has 2 aliphatic heterocycles. The summed E-state index contributed by atoms with van der Waals surface area (Å²) in [5, 5.41) is 7.12. The van der Waals surface area contributed by atoms with Crippen molar-refractivity contribution in [1.29, 1.82) is 0 Å². The molecule has 5 heteroatoms. The maximum Gasteiger partial charge on any atom is 0.223 e. The summed E-state index contributed by atoms with van der Waals surface area (Å²) >= 11 is 0. The molecule has 2 aliphatic rings. The van der Waals surface area contributed by atoms with E-state index in [0.29, 0.717) is 12.3 Å². The van der Waals surface area contributed by atoms with Gasteiger partial charge in [-0.25, -0.2) is 0 Å². The van der Waals surface area contributed by atoms with Crippen LogP contribution in [0, 0.1) is 12.8 Å². The fourth-order valence-electron chi connectivity index (χ4n) is 2.76. The largest absolute Gasteiger partial charge is 0.359 e. The first-order valence-corrected chi connectivity index (χ1v) is 6.67. The maximum atomic E-state index is 12.3. The zero-order valence-corrected chi connectivity index (χ0v) is 10.7. The van der Waals surface area contributed by atoms with Crippen LogP contribution in [-0.4, -0.2) is 35.6 Å².